The van der Waals surface area contributed by atoms with E-state index in [4.69, 9.17) is 5.11 Å². The second-order valence-corrected chi connectivity index (χ2v) is 4.18. The lowest BCUT2D eigenvalue weighted by Crippen LogP contribution is -2.58. The summed E-state index contributed by atoms with van der Waals surface area (Å²) in [5, 5.41) is 8.92. The van der Waals surface area contributed by atoms with E-state index in [0.717, 1.165) is 0 Å². The van der Waals surface area contributed by atoms with Crippen LogP contribution in [0.4, 0.5) is 8.78 Å². The van der Waals surface area contributed by atoms with Crippen molar-refractivity contribution in [2.24, 2.45) is 10.8 Å². The van der Waals surface area contributed by atoms with Crippen LogP contribution in [0.1, 0.15) is 26.2 Å². The summed E-state index contributed by atoms with van der Waals surface area (Å²) < 4.78 is 25.9. The molecule has 2 aliphatic rings. The van der Waals surface area contributed by atoms with Gasteiger partial charge in [-0.3, -0.25) is 0 Å². The average molecular weight is 162 g/mol. The van der Waals surface area contributed by atoms with Gasteiger partial charge in [-0.1, -0.05) is 6.92 Å². The number of aliphatic hydroxyl groups is 1. The fraction of sp³-hybridized carbons (Fsp3) is 1.00. The topological polar surface area (TPSA) is 20.2 Å². The molecule has 0 saturated heterocycles. The fourth-order valence-corrected chi connectivity index (χ4v) is 2.46. The Hall–Kier alpha value is -0.180. The zero-order chi connectivity index (χ0) is 8.33. The lowest BCUT2D eigenvalue weighted by atomic mass is 9.56. The number of halogens is 2. The standard InChI is InChI=1S/C8H12F2O/c1-6(5-11)4-8(9,10)7(6)2-3-7/h11H,2-5H2,1H3. The van der Waals surface area contributed by atoms with Gasteiger partial charge in [0.2, 0.25) is 0 Å². The highest BCUT2D eigenvalue weighted by molar-refractivity contribution is 5.22. The van der Waals surface area contributed by atoms with Gasteiger partial charge in [0.1, 0.15) is 0 Å². The van der Waals surface area contributed by atoms with Crippen LogP contribution < -0.4 is 0 Å². The maximum Gasteiger partial charge on any atom is 0.254 e. The van der Waals surface area contributed by atoms with Gasteiger partial charge in [-0.25, -0.2) is 8.78 Å². The van der Waals surface area contributed by atoms with Gasteiger partial charge in [0.05, 0.1) is 0 Å². The van der Waals surface area contributed by atoms with Crippen LogP contribution in [0.15, 0.2) is 0 Å². The smallest absolute Gasteiger partial charge is 0.254 e. The predicted octanol–water partition coefficient (Wildman–Crippen LogP) is 1.80. The van der Waals surface area contributed by atoms with E-state index in [1.807, 2.05) is 0 Å². The van der Waals surface area contributed by atoms with Crippen LogP contribution in [-0.4, -0.2) is 17.6 Å². The normalized spacial score (nSPS) is 43.6. The molecule has 2 fully saturated rings. The van der Waals surface area contributed by atoms with Crippen molar-refractivity contribution in [3.63, 3.8) is 0 Å². The lowest BCUT2D eigenvalue weighted by Gasteiger charge is -2.53. The Balaban J connectivity index is 2.23. The molecule has 1 nitrogen and oxygen atoms in total. The van der Waals surface area contributed by atoms with Crippen LogP contribution in [0.25, 0.3) is 0 Å². The highest BCUT2D eigenvalue weighted by Gasteiger charge is 2.79. The molecule has 2 rings (SSSR count). The molecule has 1 atom stereocenters. The third-order valence-electron chi connectivity index (χ3n) is 3.57. The van der Waals surface area contributed by atoms with Crippen molar-refractivity contribution < 1.29 is 13.9 Å². The van der Waals surface area contributed by atoms with E-state index in [2.05, 4.69) is 0 Å². The molecule has 0 aromatic rings. The number of alkyl halides is 2. The zero-order valence-electron chi connectivity index (χ0n) is 6.53. The van der Waals surface area contributed by atoms with E-state index in [1.54, 1.807) is 6.92 Å². The van der Waals surface area contributed by atoms with Gasteiger partial charge in [-0.2, -0.15) is 0 Å². The highest BCUT2D eigenvalue weighted by atomic mass is 19.3. The molecule has 1 spiro atoms. The van der Waals surface area contributed by atoms with E-state index in [9.17, 15) is 8.78 Å². The summed E-state index contributed by atoms with van der Waals surface area (Å²) in [4.78, 5) is 0. The van der Waals surface area contributed by atoms with Crippen LogP contribution in [0.5, 0.6) is 0 Å². The van der Waals surface area contributed by atoms with Gasteiger partial charge in [0.25, 0.3) is 5.92 Å². The van der Waals surface area contributed by atoms with Gasteiger partial charge < -0.3 is 5.11 Å². The zero-order valence-corrected chi connectivity index (χ0v) is 6.53. The molecule has 0 amide bonds. The molecule has 2 aliphatic carbocycles. The average Bonchev–Trinajstić information content (AvgIpc) is 2.65. The number of rotatable bonds is 1. The molecular weight excluding hydrogens is 150 g/mol. The summed E-state index contributed by atoms with van der Waals surface area (Å²) in [5.74, 6) is -2.50. The maximum atomic E-state index is 12.9. The van der Waals surface area contributed by atoms with Crippen molar-refractivity contribution in [2.75, 3.05) is 6.61 Å². The molecule has 0 aliphatic heterocycles. The first kappa shape index (κ1) is 7.47. The molecule has 0 aromatic carbocycles. The molecule has 0 bridgehead atoms. The number of aliphatic hydroxyl groups excluding tert-OH is 1. The summed E-state index contributed by atoms with van der Waals surface area (Å²) in [6, 6.07) is 0. The fourth-order valence-electron chi connectivity index (χ4n) is 2.46. The van der Waals surface area contributed by atoms with E-state index in [0.29, 0.717) is 12.8 Å². The molecule has 3 heteroatoms. The van der Waals surface area contributed by atoms with Crippen LogP contribution in [-0.2, 0) is 0 Å². The van der Waals surface area contributed by atoms with E-state index < -0.39 is 16.8 Å². The van der Waals surface area contributed by atoms with Crippen LogP contribution in [0, 0.1) is 10.8 Å². The van der Waals surface area contributed by atoms with Crippen molar-refractivity contribution in [3.05, 3.63) is 0 Å². The largest absolute Gasteiger partial charge is 0.396 e. The van der Waals surface area contributed by atoms with Crippen molar-refractivity contribution in [1.82, 2.24) is 0 Å². The Bertz CT molecular complexity index is 198. The van der Waals surface area contributed by atoms with Crippen LogP contribution in [0.3, 0.4) is 0 Å². The third-order valence-corrected chi connectivity index (χ3v) is 3.57. The summed E-state index contributed by atoms with van der Waals surface area (Å²) >= 11 is 0. The minimum atomic E-state index is -2.50. The van der Waals surface area contributed by atoms with E-state index in [-0.39, 0.29) is 13.0 Å². The van der Waals surface area contributed by atoms with Crippen molar-refractivity contribution in [3.8, 4) is 0 Å². The summed E-state index contributed by atoms with van der Waals surface area (Å²) in [6.45, 7) is 1.67. The molecule has 0 aromatic heterocycles. The molecule has 1 N–H and O–H groups in total. The summed E-state index contributed by atoms with van der Waals surface area (Å²) in [6.07, 6.45) is 1.06. The minimum Gasteiger partial charge on any atom is -0.396 e. The Morgan fingerprint density at radius 3 is 2.09 bits per heavy atom. The molecule has 2 saturated carbocycles. The summed E-state index contributed by atoms with van der Waals surface area (Å²) in [5.41, 5.74) is -1.30. The number of hydrogen-bond acceptors (Lipinski definition) is 1. The van der Waals surface area contributed by atoms with E-state index >= 15 is 0 Å². The SMILES string of the molecule is CC1(CO)CC(F)(F)C12CC2. The molecule has 64 valence electrons. The first-order chi connectivity index (χ1) is 4.97. The monoisotopic (exact) mass is 162 g/mol. The Kier molecular flexibility index (Phi) is 1.09. The van der Waals surface area contributed by atoms with Crippen LogP contribution >= 0.6 is 0 Å². The molecule has 1 unspecified atom stereocenters. The maximum absolute atomic E-state index is 12.9. The van der Waals surface area contributed by atoms with Crippen molar-refractivity contribution in [1.29, 1.82) is 0 Å². The predicted molar refractivity (Wildman–Crippen MR) is 36.4 cm³/mol. The van der Waals surface area contributed by atoms with Crippen molar-refractivity contribution in [2.45, 2.75) is 32.1 Å². The first-order valence-electron chi connectivity index (χ1n) is 3.96. The van der Waals surface area contributed by atoms with Gasteiger partial charge in [-0.05, 0) is 12.8 Å². The quantitative estimate of drug-likeness (QED) is 0.623. The Morgan fingerprint density at radius 1 is 1.36 bits per heavy atom. The third kappa shape index (κ3) is 0.593. The molecule has 0 radical (unpaired) electrons. The molecular formula is C8H12F2O. The molecule has 11 heavy (non-hydrogen) atoms. The Morgan fingerprint density at radius 2 is 1.91 bits per heavy atom. The van der Waals surface area contributed by atoms with Gasteiger partial charge in [0, 0.05) is 23.9 Å². The van der Waals surface area contributed by atoms with E-state index in [1.165, 1.54) is 0 Å². The second kappa shape index (κ2) is 1.60. The highest BCUT2D eigenvalue weighted by Crippen LogP contribution is 2.77. The first-order valence-corrected chi connectivity index (χ1v) is 3.96. The summed E-state index contributed by atoms with van der Waals surface area (Å²) in [7, 11) is 0. The minimum absolute atomic E-state index is 0.0947. The van der Waals surface area contributed by atoms with Crippen LogP contribution in [0.2, 0.25) is 0 Å². The second-order valence-electron chi connectivity index (χ2n) is 4.18. The Labute approximate surface area is 64.4 Å². The van der Waals surface area contributed by atoms with Crippen molar-refractivity contribution >= 4 is 0 Å². The van der Waals surface area contributed by atoms with Gasteiger partial charge >= 0.3 is 0 Å². The van der Waals surface area contributed by atoms with Gasteiger partial charge in [0.15, 0.2) is 0 Å². The van der Waals surface area contributed by atoms with Gasteiger partial charge in [-0.15, -0.1) is 0 Å². The number of hydrogen-bond donors (Lipinski definition) is 1. The molecule has 0 heterocycles. The lowest BCUT2D eigenvalue weighted by molar-refractivity contribution is -0.248.